The minimum absolute atomic E-state index is 0.139. The van der Waals surface area contributed by atoms with Gasteiger partial charge >= 0.3 is 6.18 Å². The molecule has 0 spiro atoms. The lowest BCUT2D eigenvalue weighted by Gasteiger charge is -2.12. The summed E-state index contributed by atoms with van der Waals surface area (Å²) >= 11 is 0. The molecule has 0 aromatic heterocycles. The average molecular weight is 323 g/mol. The van der Waals surface area contributed by atoms with Crippen LogP contribution in [0.2, 0.25) is 0 Å². The number of alkyl halides is 3. The van der Waals surface area contributed by atoms with Crippen molar-refractivity contribution >= 4 is 17.2 Å². The summed E-state index contributed by atoms with van der Waals surface area (Å²) in [5.74, 6) is -1.77. The van der Waals surface area contributed by atoms with Crippen LogP contribution in [-0.4, -0.2) is 12.1 Å². The van der Waals surface area contributed by atoms with Gasteiger partial charge in [-0.2, -0.15) is 13.2 Å². The Balaban J connectivity index is 2.32. The van der Waals surface area contributed by atoms with Gasteiger partial charge in [-0.05, 0) is 30.2 Å². The van der Waals surface area contributed by atoms with Crippen molar-refractivity contribution in [3.8, 4) is 0 Å². The third-order valence-electron chi connectivity index (χ3n) is 3.05. The molecular weight excluding hydrogens is 310 g/mol. The molecule has 0 atom stereocenters. The molecule has 23 heavy (non-hydrogen) atoms. The van der Waals surface area contributed by atoms with E-state index in [2.05, 4.69) is 5.32 Å². The number of hydrogen-bond donors (Lipinski definition) is 1. The average Bonchev–Trinajstić information content (AvgIpc) is 2.48. The van der Waals surface area contributed by atoms with Gasteiger partial charge in [-0.1, -0.05) is 36.4 Å². The Morgan fingerprint density at radius 1 is 1.09 bits per heavy atom. The lowest BCUT2D eigenvalue weighted by Crippen LogP contribution is -2.16. The van der Waals surface area contributed by atoms with E-state index in [1.165, 1.54) is 36.4 Å². The SMILES string of the molecule is Cc1ccc(F)c(NC(=O)/C=C(/c2ccccc2)C(F)(F)F)c1. The number of nitrogens with one attached hydrogen (secondary N) is 1. The minimum Gasteiger partial charge on any atom is -0.320 e. The number of carbonyl (C=O) groups is 1. The second-order valence-electron chi connectivity index (χ2n) is 4.89. The fourth-order valence-corrected chi connectivity index (χ4v) is 1.98. The molecule has 0 fully saturated rings. The second-order valence-corrected chi connectivity index (χ2v) is 4.89. The van der Waals surface area contributed by atoms with Crippen LogP contribution < -0.4 is 5.32 Å². The van der Waals surface area contributed by atoms with Crippen LogP contribution in [0.4, 0.5) is 23.2 Å². The van der Waals surface area contributed by atoms with Crippen molar-refractivity contribution in [3.05, 3.63) is 71.6 Å². The molecule has 0 heterocycles. The first kappa shape index (κ1) is 16.7. The number of halogens is 4. The molecular formula is C17H13F4NO. The Hall–Kier alpha value is -2.63. The molecule has 2 aromatic rings. The van der Waals surface area contributed by atoms with Gasteiger partial charge in [0.05, 0.1) is 11.3 Å². The van der Waals surface area contributed by atoms with Crippen LogP contribution in [0.15, 0.2) is 54.6 Å². The molecule has 1 N–H and O–H groups in total. The van der Waals surface area contributed by atoms with Gasteiger partial charge in [0.1, 0.15) is 5.82 Å². The smallest absolute Gasteiger partial charge is 0.320 e. The molecule has 120 valence electrons. The zero-order valence-electron chi connectivity index (χ0n) is 12.1. The maximum absolute atomic E-state index is 13.6. The second kappa shape index (κ2) is 6.64. The Morgan fingerprint density at radius 2 is 1.74 bits per heavy atom. The molecule has 0 saturated heterocycles. The molecule has 0 aliphatic carbocycles. The summed E-state index contributed by atoms with van der Waals surface area (Å²) in [4.78, 5) is 11.9. The molecule has 1 amide bonds. The van der Waals surface area contributed by atoms with Crippen molar-refractivity contribution < 1.29 is 22.4 Å². The first-order chi connectivity index (χ1) is 10.8. The number of anilines is 1. The fraction of sp³-hybridized carbons (Fsp3) is 0.118. The predicted octanol–water partition coefficient (Wildman–Crippen LogP) is 4.72. The number of aryl methyl sites for hydroxylation is 1. The molecule has 0 unspecified atom stereocenters. The zero-order valence-corrected chi connectivity index (χ0v) is 12.1. The monoisotopic (exact) mass is 323 g/mol. The van der Waals surface area contributed by atoms with E-state index in [0.717, 1.165) is 6.07 Å². The third kappa shape index (κ3) is 4.42. The lowest BCUT2D eigenvalue weighted by atomic mass is 10.1. The van der Waals surface area contributed by atoms with Gasteiger partial charge in [-0.25, -0.2) is 4.39 Å². The summed E-state index contributed by atoms with van der Waals surface area (Å²) in [6.45, 7) is 1.68. The van der Waals surface area contributed by atoms with Crippen molar-refractivity contribution in [2.45, 2.75) is 13.1 Å². The van der Waals surface area contributed by atoms with E-state index in [9.17, 15) is 22.4 Å². The molecule has 0 saturated carbocycles. The van der Waals surface area contributed by atoms with Crippen molar-refractivity contribution in [2.75, 3.05) is 5.32 Å². The number of carbonyl (C=O) groups excluding carboxylic acids is 1. The molecule has 2 aromatic carbocycles. The number of hydrogen-bond acceptors (Lipinski definition) is 1. The summed E-state index contributed by atoms with van der Waals surface area (Å²) in [7, 11) is 0. The van der Waals surface area contributed by atoms with Gasteiger partial charge in [0.15, 0.2) is 0 Å². The Labute approximate surface area is 130 Å². The van der Waals surface area contributed by atoms with Crippen LogP contribution in [0, 0.1) is 12.7 Å². The van der Waals surface area contributed by atoms with Crippen LogP contribution >= 0.6 is 0 Å². The van der Waals surface area contributed by atoms with E-state index in [0.29, 0.717) is 11.6 Å². The maximum Gasteiger partial charge on any atom is 0.417 e. The van der Waals surface area contributed by atoms with E-state index in [4.69, 9.17) is 0 Å². The molecule has 0 aliphatic rings. The highest BCUT2D eigenvalue weighted by molar-refractivity contribution is 6.04. The first-order valence-corrected chi connectivity index (χ1v) is 6.69. The predicted molar refractivity (Wildman–Crippen MR) is 80.2 cm³/mol. The highest BCUT2D eigenvalue weighted by Gasteiger charge is 2.35. The summed E-state index contributed by atoms with van der Waals surface area (Å²) in [6.07, 6.45) is -4.28. The van der Waals surface area contributed by atoms with Gasteiger partial charge < -0.3 is 5.32 Å². The summed E-state index contributed by atoms with van der Waals surface area (Å²) in [6, 6.07) is 10.9. The Bertz CT molecular complexity index is 736. The number of allylic oxidation sites excluding steroid dienone is 1. The molecule has 2 rings (SSSR count). The minimum atomic E-state index is -4.70. The van der Waals surface area contributed by atoms with Gasteiger partial charge in [0.25, 0.3) is 0 Å². The number of rotatable bonds is 3. The van der Waals surface area contributed by atoms with Crippen molar-refractivity contribution in [1.82, 2.24) is 0 Å². The standard InChI is InChI=1S/C17H13F4NO/c1-11-7-8-14(18)15(9-11)22-16(23)10-13(17(19,20)21)12-5-3-2-4-6-12/h2-10H,1H3,(H,22,23)/b13-10-. The van der Waals surface area contributed by atoms with E-state index < -0.39 is 23.5 Å². The quantitative estimate of drug-likeness (QED) is 0.643. The molecule has 6 heteroatoms. The van der Waals surface area contributed by atoms with Crippen molar-refractivity contribution in [1.29, 1.82) is 0 Å². The third-order valence-corrected chi connectivity index (χ3v) is 3.05. The molecule has 0 aliphatic heterocycles. The zero-order chi connectivity index (χ0) is 17.0. The van der Waals surface area contributed by atoms with E-state index in [1.807, 2.05) is 0 Å². The summed E-state index contributed by atoms with van der Waals surface area (Å²) in [5, 5.41) is 2.13. The normalized spacial score (nSPS) is 12.1. The largest absolute Gasteiger partial charge is 0.417 e. The van der Waals surface area contributed by atoms with Crippen LogP contribution in [0.5, 0.6) is 0 Å². The molecule has 0 bridgehead atoms. The van der Waals surface area contributed by atoms with E-state index in [1.54, 1.807) is 13.0 Å². The lowest BCUT2D eigenvalue weighted by molar-refractivity contribution is -0.112. The van der Waals surface area contributed by atoms with Gasteiger partial charge in [0, 0.05) is 6.08 Å². The van der Waals surface area contributed by atoms with Gasteiger partial charge in [-0.3, -0.25) is 4.79 Å². The van der Waals surface area contributed by atoms with Crippen LogP contribution in [0.1, 0.15) is 11.1 Å². The van der Waals surface area contributed by atoms with E-state index in [-0.39, 0.29) is 11.3 Å². The van der Waals surface area contributed by atoms with Gasteiger partial charge in [-0.15, -0.1) is 0 Å². The summed E-state index contributed by atoms with van der Waals surface area (Å²) in [5.41, 5.74) is -0.728. The van der Waals surface area contributed by atoms with Gasteiger partial charge in [0.2, 0.25) is 5.91 Å². The summed E-state index contributed by atoms with van der Waals surface area (Å²) < 4.78 is 52.9. The van der Waals surface area contributed by atoms with E-state index >= 15 is 0 Å². The fourth-order valence-electron chi connectivity index (χ4n) is 1.98. The topological polar surface area (TPSA) is 29.1 Å². The molecule has 0 radical (unpaired) electrons. The van der Waals surface area contributed by atoms with Crippen LogP contribution in [0.25, 0.3) is 5.57 Å². The number of amides is 1. The Kier molecular flexibility index (Phi) is 4.83. The Morgan fingerprint density at radius 3 is 2.35 bits per heavy atom. The van der Waals surface area contributed by atoms with Crippen molar-refractivity contribution in [2.24, 2.45) is 0 Å². The first-order valence-electron chi connectivity index (χ1n) is 6.69. The highest BCUT2D eigenvalue weighted by Crippen LogP contribution is 2.33. The van der Waals surface area contributed by atoms with Crippen molar-refractivity contribution in [3.63, 3.8) is 0 Å². The number of benzene rings is 2. The maximum atomic E-state index is 13.6. The molecule has 2 nitrogen and oxygen atoms in total. The van der Waals surface area contributed by atoms with Crippen LogP contribution in [-0.2, 0) is 4.79 Å². The van der Waals surface area contributed by atoms with Crippen LogP contribution in [0.3, 0.4) is 0 Å². The highest BCUT2D eigenvalue weighted by atomic mass is 19.4.